The molecule has 2 saturated heterocycles. The normalized spacial score (nSPS) is 27.1. The largest absolute Gasteiger partial charge is 0.378 e. The first kappa shape index (κ1) is 17.9. The second kappa shape index (κ2) is 7.99. The van der Waals surface area contributed by atoms with E-state index in [1.54, 1.807) is 19.4 Å². The van der Waals surface area contributed by atoms with E-state index < -0.39 is 0 Å². The molecule has 0 spiro atoms. The van der Waals surface area contributed by atoms with Gasteiger partial charge in [0, 0.05) is 51.1 Å². The van der Waals surface area contributed by atoms with Crippen molar-refractivity contribution in [1.29, 1.82) is 0 Å². The molecule has 1 aromatic rings. The van der Waals surface area contributed by atoms with Crippen molar-refractivity contribution in [3.63, 3.8) is 0 Å². The summed E-state index contributed by atoms with van der Waals surface area (Å²) in [5.41, 5.74) is -0.0929. The van der Waals surface area contributed by atoms with Crippen molar-refractivity contribution in [2.45, 2.75) is 51.2 Å². The third-order valence-electron chi connectivity index (χ3n) is 5.26. The summed E-state index contributed by atoms with van der Waals surface area (Å²) >= 11 is 0. The van der Waals surface area contributed by atoms with Crippen LogP contribution >= 0.6 is 0 Å². The van der Waals surface area contributed by atoms with E-state index in [2.05, 4.69) is 17.2 Å². The van der Waals surface area contributed by atoms with Gasteiger partial charge < -0.3 is 19.5 Å². The molecule has 0 bridgehead atoms. The van der Waals surface area contributed by atoms with Gasteiger partial charge in [-0.05, 0) is 32.1 Å². The quantitative estimate of drug-likeness (QED) is 0.881. The first-order valence-electron chi connectivity index (χ1n) is 9.27. The van der Waals surface area contributed by atoms with Gasteiger partial charge in [0.25, 0.3) is 5.56 Å². The average molecular weight is 348 g/mol. The summed E-state index contributed by atoms with van der Waals surface area (Å²) in [4.78, 5) is 31.1. The van der Waals surface area contributed by atoms with Crippen molar-refractivity contribution in [3.05, 3.63) is 22.7 Å². The topological polar surface area (TPSA) is 76.5 Å². The minimum absolute atomic E-state index is 0.0387. The van der Waals surface area contributed by atoms with Crippen LogP contribution < -0.4 is 15.8 Å². The number of anilines is 1. The number of nitrogens with zero attached hydrogens (tertiary/aromatic N) is 3. The van der Waals surface area contributed by atoms with Crippen LogP contribution in [0.2, 0.25) is 0 Å². The maximum atomic E-state index is 12.6. The second-order valence-electron chi connectivity index (χ2n) is 7.08. The van der Waals surface area contributed by atoms with Crippen LogP contribution in [0.4, 0.5) is 5.82 Å². The predicted molar refractivity (Wildman–Crippen MR) is 95.6 cm³/mol. The van der Waals surface area contributed by atoms with Gasteiger partial charge in [0.2, 0.25) is 5.91 Å². The highest BCUT2D eigenvalue weighted by Crippen LogP contribution is 2.23. The van der Waals surface area contributed by atoms with Crippen molar-refractivity contribution in [3.8, 4) is 0 Å². The van der Waals surface area contributed by atoms with E-state index in [0.717, 1.165) is 38.6 Å². The second-order valence-corrected chi connectivity index (χ2v) is 7.08. The Morgan fingerprint density at radius 3 is 3.08 bits per heavy atom. The molecule has 3 atom stereocenters. The molecular formula is C18H28N4O3. The Morgan fingerprint density at radius 1 is 1.44 bits per heavy atom. The zero-order valence-electron chi connectivity index (χ0n) is 15.1. The number of piperidine rings is 1. The monoisotopic (exact) mass is 348 g/mol. The van der Waals surface area contributed by atoms with E-state index in [0.29, 0.717) is 19.0 Å². The molecule has 2 aliphatic rings. The molecule has 0 aliphatic carbocycles. The van der Waals surface area contributed by atoms with Crippen LogP contribution in [0.3, 0.4) is 0 Å². The fraction of sp³-hybridized carbons (Fsp3) is 0.722. The third kappa shape index (κ3) is 4.21. The molecule has 3 rings (SSSR count). The fourth-order valence-corrected chi connectivity index (χ4v) is 3.71. The molecule has 7 heteroatoms. The summed E-state index contributed by atoms with van der Waals surface area (Å²) in [7, 11) is 1.73. The number of rotatable bonds is 4. The van der Waals surface area contributed by atoms with Crippen LogP contribution in [0.5, 0.6) is 0 Å². The average Bonchev–Trinajstić information content (AvgIpc) is 2.64. The van der Waals surface area contributed by atoms with Crippen molar-refractivity contribution in [2.24, 2.45) is 13.0 Å². The molecule has 25 heavy (non-hydrogen) atoms. The van der Waals surface area contributed by atoms with Crippen molar-refractivity contribution in [1.82, 2.24) is 14.9 Å². The number of hydrogen-bond donors (Lipinski definition) is 1. The summed E-state index contributed by atoms with van der Waals surface area (Å²) in [6.07, 6.45) is 7.93. The Labute approximate surface area is 148 Å². The van der Waals surface area contributed by atoms with E-state index in [1.165, 1.54) is 4.57 Å². The van der Waals surface area contributed by atoms with Crippen molar-refractivity contribution < 1.29 is 9.53 Å². The number of aromatic nitrogens is 2. The Kier molecular flexibility index (Phi) is 5.73. The molecule has 1 amide bonds. The Morgan fingerprint density at radius 2 is 2.28 bits per heavy atom. The molecule has 2 fully saturated rings. The van der Waals surface area contributed by atoms with E-state index in [9.17, 15) is 9.59 Å². The van der Waals surface area contributed by atoms with Crippen LogP contribution in [-0.2, 0) is 16.6 Å². The van der Waals surface area contributed by atoms with Gasteiger partial charge in [-0.25, -0.2) is 4.98 Å². The minimum Gasteiger partial charge on any atom is -0.378 e. The molecule has 7 nitrogen and oxygen atoms in total. The highest BCUT2D eigenvalue weighted by Gasteiger charge is 2.30. The zero-order chi connectivity index (χ0) is 17.8. The molecule has 1 aromatic heterocycles. The molecule has 3 heterocycles. The summed E-state index contributed by atoms with van der Waals surface area (Å²) in [5, 5.41) is 3.19. The number of nitrogens with one attached hydrogen (secondary N) is 1. The van der Waals surface area contributed by atoms with E-state index in [-0.39, 0.29) is 29.5 Å². The lowest BCUT2D eigenvalue weighted by Crippen LogP contribution is -2.51. The van der Waals surface area contributed by atoms with Crippen molar-refractivity contribution >= 4 is 11.7 Å². The molecule has 0 aromatic carbocycles. The standard InChI is InChI=1S/C18H28N4O3/c1-3-15-11-13(6-10-25-15)17(23)20-14-5-4-8-22(12-14)16-18(24)21(2)9-7-19-16/h7,9,13-15H,3-6,8,10-12H2,1-2H3,(H,20,23)/t13-,14-,15-/m1/s1. The molecule has 0 unspecified atom stereocenters. The molecule has 0 radical (unpaired) electrons. The lowest BCUT2D eigenvalue weighted by atomic mass is 9.93. The van der Waals surface area contributed by atoms with Gasteiger partial charge in [0.15, 0.2) is 5.82 Å². The molecule has 2 aliphatic heterocycles. The summed E-state index contributed by atoms with van der Waals surface area (Å²) in [6, 6.07) is 0.0656. The van der Waals surface area contributed by atoms with Crippen LogP contribution in [0.25, 0.3) is 0 Å². The van der Waals surface area contributed by atoms with Crippen LogP contribution in [-0.4, -0.2) is 47.3 Å². The van der Waals surface area contributed by atoms with Gasteiger partial charge in [0.1, 0.15) is 0 Å². The van der Waals surface area contributed by atoms with Gasteiger partial charge in [-0.1, -0.05) is 6.92 Å². The maximum absolute atomic E-state index is 12.6. The van der Waals surface area contributed by atoms with Gasteiger partial charge in [0.05, 0.1) is 6.10 Å². The number of amides is 1. The van der Waals surface area contributed by atoms with Crippen LogP contribution in [0.15, 0.2) is 17.2 Å². The van der Waals surface area contributed by atoms with E-state index in [4.69, 9.17) is 4.74 Å². The summed E-state index contributed by atoms with van der Waals surface area (Å²) in [5.74, 6) is 0.639. The Hall–Kier alpha value is -1.89. The van der Waals surface area contributed by atoms with Gasteiger partial charge >= 0.3 is 0 Å². The minimum atomic E-state index is -0.0929. The number of carbonyl (C=O) groups excluding carboxylic acids is 1. The Bertz CT molecular complexity index is 660. The molecule has 1 N–H and O–H groups in total. The number of hydrogen-bond acceptors (Lipinski definition) is 5. The lowest BCUT2D eigenvalue weighted by Gasteiger charge is -2.35. The number of ether oxygens (including phenoxy) is 1. The fourth-order valence-electron chi connectivity index (χ4n) is 3.71. The van der Waals surface area contributed by atoms with E-state index >= 15 is 0 Å². The number of carbonyl (C=O) groups is 1. The summed E-state index contributed by atoms with van der Waals surface area (Å²) < 4.78 is 7.20. The predicted octanol–water partition coefficient (Wildman–Crippen LogP) is 1.07. The summed E-state index contributed by atoms with van der Waals surface area (Å²) in [6.45, 7) is 4.20. The van der Waals surface area contributed by atoms with Crippen LogP contribution in [0.1, 0.15) is 39.0 Å². The first-order chi connectivity index (χ1) is 12.1. The zero-order valence-corrected chi connectivity index (χ0v) is 15.1. The van der Waals surface area contributed by atoms with Gasteiger partial charge in [-0.15, -0.1) is 0 Å². The van der Waals surface area contributed by atoms with Crippen LogP contribution in [0, 0.1) is 5.92 Å². The number of aryl methyl sites for hydroxylation is 1. The molecule has 0 saturated carbocycles. The lowest BCUT2D eigenvalue weighted by molar-refractivity contribution is -0.130. The Balaban J connectivity index is 1.61. The SMILES string of the molecule is CC[C@@H]1C[C@H](C(=O)N[C@@H]2CCCN(c3nccn(C)c3=O)C2)CCO1. The highest BCUT2D eigenvalue weighted by molar-refractivity contribution is 5.79. The maximum Gasteiger partial charge on any atom is 0.293 e. The smallest absolute Gasteiger partial charge is 0.293 e. The van der Waals surface area contributed by atoms with Crippen molar-refractivity contribution in [2.75, 3.05) is 24.6 Å². The van der Waals surface area contributed by atoms with Gasteiger partial charge in [-0.3, -0.25) is 9.59 Å². The molecule has 138 valence electrons. The third-order valence-corrected chi connectivity index (χ3v) is 5.26. The molecular weight excluding hydrogens is 320 g/mol. The highest BCUT2D eigenvalue weighted by atomic mass is 16.5. The van der Waals surface area contributed by atoms with E-state index in [1.807, 2.05) is 4.90 Å². The first-order valence-corrected chi connectivity index (χ1v) is 9.27. The van der Waals surface area contributed by atoms with Gasteiger partial charge in [-0.2, -0.15) is 0 Å².